The molecule has 0 bridgehead atoms. The van der Waals surface area contributed by atoms with E-state index in [1.54, 1.807) is 0 Å². The van der Waals surface area contributed by atoms with Gasteiger partial charge in [0.2, 0.25) is 11.8 Å². The Morgan fingerprint density at radius 2 is 2.25 bits per heavy atom. The lowest BCUT2D eigenvalue weighted by molar-refractivity contribution is -0.129. The standard InChI is InChI=1S/C12H20N2O2/c1-8(6-9-2-3-9)14-12(16)10-4-5-11(15)13-7-10/h8-10H,2-7H2,1H3,(H,13,15)(H,14,16). The Hall–Kier alpha value is -1.06. The van der Waals surface area contributed by atoms with Crippen LogP contribution in [0.2, 0.25) is 0 Å². The average Bonchev–Trinajstić information content (AvgIpc) is 3.02. The summed E-state index contributed by atoms with van der Waals surface area (Å²) in [7, 11) is 0. The van der Waals surface area contributed by atoms with Crippen molar-refractivity contribution in [3.05, 3.63) is 0 Å². The molecular formula is C12H20N2O2. The normalized spacial score (nSPS) is 27.1. The molecule has 0 aromatic heterocycles. The molecule has 4 nitrogen and oxygen atoms in total. The van der Waals surface area contributed by atoms with E-state index in [0.717, 1.165) is 12.3 Å². The van der Waals surface area contributed by atoms with E-state index < -0.39 is 0 Å². The van der Waals surface area contributed by atoms with Gasteiger partial charge in [0.05, 0.1) is 5.92 Å². The minimum atomic E-state index is -0.0284. The van der Waals surface area contributed by atoms with Gasteiger partial charge in [0.15, 0.2) is 0 Å². The molecule has 90 valence electrons. The number of amides is 2. The van der Waals surface area contributed by atoms with Crippen LogP contribution in [0.4, 0.5) is 0 Å². The summed E-state index contributed by atoms with van der Waals surface area (Å²) in [6.45, 7) is 2.57. The average molecular weight is 224 g/mol. The van der Waals surface area contributed by atoms with Gasteiger partial charge in [-0.15, -0.1) is 0 Å². The lowest BCUT2D eigenvalue weighted by Gasteiger charge is -2.23. The number of rotatable bonds is 4. The van der Waals surface area contributed by atoms with E-state index in [0.29, 0.717) is 19.4 Å². The van der Waals surface area contributed by atoms with E-state index in [4.69, 9.17) is 0 Å². The number of carbonyl (C=O) groups is 2. The first-order valence-corrected chi connectivity index (χ1v) is 6.22. The molecule has 0 aromatic carbocycles. The molecule has 2 amide bonds. The van der Waals surface area contributed by atoms with Crippen molar-refractivity contribution in [3.8, 4) is 0 Å². The fraction of sp³-hybridized carbons (Fsp3) is 0.833. The van der Waals surface area contributed by atoms with Crippen molar-refractivity contribution in [1.82, 2.24) is 10.6 Å². The first-order valence-electron chi connectivity index (χ1n) is 6.22. The van der Waals surface area contributed by atoms with Crippen molar-refractivity contribution in [2.45, 2.75) is 45.1 Å². The molecule has 0 spiro atoms. The van der Waals surface area contributed by atoms with E-state index >= 15 is 0 Å². The SMILES string of the molecule is CC(CC1CC1)NC(=O)C1CCC(=O)NC1. The maximum Gasteiger partial charge on any atom is 0.225 e. The van der Waals surface area contributed by atoms with Gasteiger partial charge in [-0.3, -0.25) is 9.59 Å². The molecule has 0 radical (unpaired) electrons. The first-order chi connectivity index (χ1) is 7.65. The molecule has 4 heteroatoms. The number of hydrogen-bond acceptors (Lipinski definition) is 2. The van der Waals surface area contributed by atoms with Crippen molar-refractivity contribution in [2.75, 3.05) is 6.54 Å². The summed E-state index contributed by atoms with van der Waals surface area (Å²) < 4.78 is 0. The fourth-order valence-corrected chi connectivity index (χ4v) is 2.23. The topological polar surface area (TPSA) is 58.2 Å². The molecule has 2 aliphatic rings. The molecule has 2 rings (SSSR count). The number of hydrogen-bond donors (Lipinski definition) is 2. The second-order valence-corrected chi connectivity index (χ2v) is 5.13. The van der Waals surface area contributed by atoms with Gasteiger partial charge in [-0.1, -0.05) is 12.8 Å². The van der Waals surface area contributed by atoms with Gasteiger partial charge in [0.1, 0.15) is 0 Å². The zero-order valence-electron chi connectivity index (χ0n) is 9.79. The summed E-state index contributed by atoms with van der Waals surface area (Å²) in [6.07, 6.45) is 4.91. The van der Waals surface area contributed by atoms with E-state index in [1.807, 2.05) is 0 Å². The second-order valence-electron chi connectivity index (χ2n) is 5.13. The maximum atomic E-state index is 11.9. The summed E-state index contributed by atoms with van der Waals surface area (Å²) >= 11 is 0. The Labute approximate surface area is 96.2 Å². The van der Waals surface area contributed by atoms with Crippen LogP contribution < -0.4 is 10.6 Å². The number of piperidine rings is 1. The summed E-state index contributed by atoms with van der Waals surface area (Å²) in [5, 5.41) is 5.79. The summed E-state index contributed by atoms with van der Waals surface area (Å²) in [6, 6.07) is 0.276. The van der Waals surface area contributed by atoms with Gasteiger partial charge in [-0.2, -0.15) is 0 Å². The summed E-state index contributed by atoms with van der Waals surface area (Å²) in [4.78, 5) is 22.8. The Kier molecular flexibility index (Phi) is 3.46. The van der Waals surface area contributed by atoms with Crippen LogP contribution in [0.1, 0.15) is 39.0 Å². The van der Waals surface area contributed by atoms with Gasteiger partial charge in [-0.25, -0.2) is 0 Å². The molecule has 2 atom stereocenters. The molecule has 1 aliphatic heterocycles. The van der Waals surface area contributed by atoms with E-state index in [2.05, 4.69) is 17.6 Å². The highest BCUT2D eigenvalue weighted by atomic mass is 16.2. The largest absolute Gasteiger partial charge is 0.355 e. The third-order valence-corrected chi connectivity index (χ3v) is 3.41. The van der Waals surface area contributed by atoms with E-state index in [-0.39, 0.29) is 23.8 Å². The Bertz CT molecular complexity index is 277. The second kappa shape index (κ2) is 4.85. The van der Waals surface area contributed by atoms with Crippen LogP contribution in [0.25, 0.3) is 0 Å². The predicted molar refractivity (Wildman–Crippen MR) is 60.7 cm³/mol. The first kappa shape index (κ1) is 11.4. The van der Waals surface area contributed by atoms with Crippen LogP contribution >= 0.6 is 0 Å². The van der Waals surface area contributed by atoms with Crippen LogP contribution in [-0.4, -0.2) is 24.4 Å². The highest BCUT2D eigenvalue weighted by molar-refractivity contribution is 5.83. The van der Waals surface area contributed by atoms with Crippen LogP contribution in [0.3, 0.4) is 0 Å². The summed E-state index contributed by atoms with van der Waals surface area (Å²) in [5.74, 6) is 0.976. The molecule has 1 saturated heterocycles. The van der Waals surface area contributed by atoms with Gasteiger partial charge in [0, 0.05) is 19.0 Å². The fourth-order valence-electron chi connectivity index (χ4n) is 2.23. The Morgan fingerprint density at radius 1 is 1.50 bits per heavy atom. The number of nitrogens with one attached hydrogen (secondary N) is 2. The maximum absolute atomic E-state index is 11.9. The highest BCUT2D eigenvalue weighted by Crippen LogP contribution is 2.33. The molecule has 0 aromatic rings. The molecule has 1 aliphatic carbocycles. The van der Waals surface area contributed by atoms with Crippen LogP contribution in [0.5, 0.6) is 0 Å². The van der Waals surface area contributed by atoms with Crippen molar-refractivity contribution >= 4 is 11.8 Å². The van der Waals surface area contributed by atoms with Crippen molar-refractivity contribution in [1.29, 1.82) is 0 Å². The molecule has 1 saturated carbocycles. The van der Waals surface area contributed by atoms with E-state index in [9.17, 15) is 9.59 Å². The van der Waals surface area contributed by atoms with Gasteiger partial charge >= 0.3 is 0 Å². The zero-order valence-corrected chi connectivity index (χ0v) is 9.79. The van der Waals surface area contributed by atoms with Gasteiger partial charge in [0.25, 0.3) is 0 Å². The van der Waals surface area contributed by atoms with Crippen molar-refractivity contribution in [3.63, 3.8) is 0 Å². The Morgan fingerprint density at radius 3 is 2.81 bits per heavy atom. The summed E-state index contributed by atoms with van der Waals surface area (Å²) in [5.41, 5.74) is 0. The minimum absolute atomic E-state index is 0.0284. The zero-order chi connectivity index (χ0) is 11.5. The van der Waals surface area contributed by atoms with Gasteiger partial charge < -0.3 is 10.6 Å². The van der Waals surface area contributed by atoms with Crippen LogP contribution in [0.15, 0.2) is 0 Å². The van der Waals surface area contributed by atoms with Crippen molar-refractivity contribution < 1.29 is 9.59 Å². The Balaban J connectivity index is 1.71. The number of carbonyl (C=O) groups excluding carboxylic acids is 2. The molecular weight excluding hydrogens is 204 g/mol. The molecule has 2 unspecified atom stereocenters. The lowest BCUT2D eigenvalue weighted by Crippen LogP contribution is -2.45. The highest BCUT2D eigenvalue weighted by Gasteiger charge is 2.27. The minimum Gasteiger partial charge on any atom is -0.355 e. The smallest absolute Gasteiger partial charge is 0.225 e. The predicted octanol–water partition coefficient (Wildman–Crippen LogP) is 0.817. The lowest BCUT2D eigenvalue weighted by atomic mass is 9.98. The third kappa shape index (κ3) is 3.22. The molecule has 16 heavy (non-hydrogen) atoms. The van der Waals surface area contributed by atoms with Crippen LogP contribution in [-0.2, 0) is 9.59 Å². The molecule has 2 N–H and O–H groups in total. The third-order valence-electron chi connectivity index (χ3n) is 3.41. The van der Waals surface area contributed by atoms with Crippen LogP contribution in [0, 0.1) is 11.8 Å². The van der Waals surface area contributed by atoms with Gasteiger partial charge in [-0.05, 0) is 25.7 Å². The quantitative estimate of drug-likeness (QED) is 0.742. The molecule has 1 heterocycles. The van der Waals surface area contributed by atoms with Crippen molar-refractivity contribution in [2.24, 2.45) is 11.8 Å². The monoisotopic (exact) mass is 224 g/mol. The molecule has 2 fully saturated rings. The van der Waals surface area contributed by atoms with E-state index in [1.165, 1.54) is 12.8 Å².